The second kappa shape index (κ2) is 15.6. The van der Waals surface area contributed by atoms with E-state index in [4.69, 9.17) is 11.6 Å². The van der Waals surface area contributed by atoms with Crippen molar-refractivity contribution in [3.63, 3.8) is 0 Å². The average Bonchev–Trinajstić information content (AvgIpc) is 3.37. The third-order valence-electron chi connectivity index (χ3n) is 7.46. The number of methoxy groups -OCH3 is 1. The lowest BCUT2D eigenvalue weighted by Crippen LogP contribution is -2.24. The number of carbonyl (C=O) groups excluding carboxylic acids is 2. The van der Waals surface area contributed by atoms with Crippen molar-refractivity contribution < 1.29 is 14.3 Å². The summed E-state index contributed by atoms with van der Waals surface area (Å²) in [5, 5.41) is 3.26. The Bertz CT molecular complexity index is 1760. The molecule has 6 rings (SSSR count). The molecule has 8 nitrogen and oxygen atoms in total. The fourth-order valence-electron chi connectivity index (χ4n) is 5.28. The molecule has 5 aromatic rings. The van der Waals surface area contributed by atoms with E-state index in [9.17, 15) is 9.59 Å². The summed E-state index contributed by atoms with van der Waals surface area (Å²) in [6.07, 6.45) is 2.69. The molecule has 0 unspecified atom stereocenters. The molecule has 0 aliphatic carbocycles. The van der Waals surface area contributed by atoms with Crippen molar-refractivity contribution >= 4 is 64.2 Å². The number of carbonyl (C=O) groups is 2. The number of nitrogens with zero attached hydrogens (tertiary/aromatic N) is 3. The van der Waals surface area contributed by atoms with Gasteiger partial charge in [-0.3, -0.25) is 10.1 Å². The van der Waals surface area contributed by atoms with Gasteiger partial charge in [-0.1, -0.05) is 66.2 Å². The summed E-state index contributed by atoms with van der Waals surface area (Å²) in [5.74, 6) is 0.200. The van der Waals surface area contributed by atoms with Crippen LogP contribution in [0.2, 0.25) is 5.02 Å². The van der Waals surface area contributed by atoms with Gasteiger partial charge in [0.05, 0.1) is 18.1 Å². The number of amides is 1. The fraction of sp³-hybridized carbons (Fsp3) is 0.229. The number of ketones is 1. The lowest BCUT2D eigenvalue weighted by Gasteiger charge is -2.27. The van der Waals surface area contributed by atoms with Crippen LogP contribution >= 0.6 is 24.0 Å². The fourth-order valence-corrected chi connectivity index (χ4v) is 5.45. The van der Waals surface area contributed by atoms with E-state index in [-0.39, 0.29) is 24.1 Å². The highest BCUT2D eigenvalue weighted by atomic mass is 35.5. The van der Waals surface area contributed by atoms with Crippen LogP contribution in [-0.4, -0.2) is 61.0 Å². The van der Waals surface area contributed by atoms with Gasteiger partial charge in [-0.05, 0) is 87.4 Å². The molecular formula is C35H37Cl2N5O3. The van der Waals surface area contributed by atoms with E-state index < -0.39 is 6.09 Å². The summed E-state index contributed by atoms with van der Waals surface area (Å²) in [6, 6.07) is 29.3. The molecule has 0 spiro atoms. The van der Waals surface area contributed by atoms with E-state index in [1.165, 1.54) is 29.6 Å². The Morgan fingerprint density at radius 3 is 2.36 bits per heavy atom. The molecule has 0 radical (unpaired) electrons. The van der Waals surface area contributed by atoms with Crippen LogP contribution in [0.4, 0.5) is 22.1 Å². The molecule has 234 valence electrons. The van der Waals surface area contributed by atoms with E-state index in [1.54, 1.807) is 30.3 Å². The Labute approximate surface area is 274 Å². The van der Waals surface area contributed by atoms with Crippen LogP contribution in [0.3, 0.4) is 0 Å². The maximum atomic E-state index is 12.4. The molecule has 0 saturated carbocycles. The minimum atomic E-state index is -0.611. The molecule has 0 saturated heterocycles. The molecule has 4 aromatic carbocycles. The summed E-state index contributed by atoms with van der Waals surface area (Å²) in [4.78, 5) is 35.4. The van der Waals surface area contributed by atoms with Gasteiger partial charge in [0.2, 0.25) is 5.95 Å². The molecule has 10 heteroatoms. The van der Waals surface area contributed by atoms with Gasteiger partial charge in [0.25, 0.3) is 0 Å². The number of aromatic amines is 1. The molecule has 2 heterocycles. The SMILES string of the molecule is CN(C)CCCN1c2ccccc2CCc2ccc(Cl)cc21.COC(=O)Nc1nc2ccc(C(=O)c3ccccc3)cc2[nH]1.Cl. The minimum absolute atomic E-state index is 0. The highest BCUT2D eigenvalue weighted by molar-refractivity contribution is 6.30. The number of halogens is 2. The van der Waals surface area contributed by atoms with E-state index >= 15 is 0 Å². The van der Waals surface area contributed by atoms with Crippen molar-refractivity contribution in [1.82, 2.24) is 14.9 Å². The van der Waals surface area contributed by atoms with Gasteiger partial charge in [-0.2, -0.15) is 0 Å². The molecule has 1 aliphatic rings. The van der Waals surface area contributed by atoms with E-state index in [2.05, 4.69) is 80.3 Å². The smallest absolute Gasteiger partial charge is 0.413 e. The summed E-state index contributed by atoms with van der Waals surface area (Å²) in [6.45, 7) is 2.11. The van der Waals surface area contributed by atoms with Crippen LogP contribution in [-0.2, 0) is 17.6 Å². The Morgan fingerprint density at radius 2 is 1.62 bits per heavy atom. The second-order valence-electron chi connectivity index (χ2n) is 10.8. The topological polar surface area (TPSA) is 90.6 Å². The molecular weight excluding hydrogens is 609 g/mol. The quantitative estimate of drug-likeness (QED) is 0.175. The zero-order valence-corrected chi connectivity index (χ0v) is 27.1. The van der Waals surface area contributed by atoms with Crippen molar-refractivity contribution in [2.24, 2.45) is 0 Å². The number of rotatable bonds is 7. The van der Waals surface area contributed by atoms with Crippen LogP contribution in [0.15, 0.2) is 91.0 Å². The van der Waals surface area contributed by atoms with Gasteiger partial charge >= 0.3 is 6.09 Å². The first kappa shape index (κ1) is 33.5. The minimum Gasteiger partial charge on any atom is -0.453 e. The molecule has 45 heavy (non-hydrogen) atoms. The number of nitrogens with one attached hydrogen (secondary N) is 2. The lowest BCUT2D eigenvalue weighted by molar-refractivity contribution is 0.103. The first-order valence-electron chi connectivity index (χ1n) is 14.6. The number of fused-ring (bicyclic) bond motifs is 3. The summed E-state index contributed by atoms with van der Waals surface area (Å²) in [5.41, 5.74) is 7.91. The number of hydrogen-bond donors (Lipinski definition) is 2. The second-order valence-corrected chi connectivity index (χ2v) is 11.3. The van der Waals surface area contributed by atoms with Crippen LogP contribution < -0.4 is 10.2 Å². The number of hydrogen-bond acceptors (Lipinski definition) is 6. The highest BCUT2D eigenvalue weighted by Crippen LogP contribution is 2.37. The maximum Gasteiger partial charge on any atom is 0.413 e. The molecule has 2 N–H and O–H groups in total. The van der Waals surface area contributed by atoms with Gasteiger partial charge < -0.3 is 19.5 Å². The van der Waals surface area contributed by atoms with Gasteiger partial charge in [0.1, 0.15) is 0 Å². The first-order valence-corrected chi connectivity index (χ1v) is 14.9. The van der Waals surface area contributed by atoms with Crippen molar-refractivity contribution in [1.29, 1.82) is 0 Å². The Balaban J connectivity index is 0.000000200. The third-order valence-corrected chi connectivity index (χ3v) is 7.69. The van der Waals surface area contributed by atoms with Crippen molar-refractivity contribution in [2.45, 2.75) is 19.3 Å². The number of benzene rings is 4. The molecule has 0 atom stereocenters. The lowest BCUT2D eigenvalue weighted by atomic mass is 10.0. The Hall–Kier alpha value is -4.37. The van der Waals surface area contributed by atoms with Crippen LogP contribution in [0.5, 0.6) is 0 Å². The predicted molar refractivity (Wildman–Crippen MR) is 185 cm³/mol. The predicted octanol–water partition coefficient (Wildman–Crippen LogP) is 7.92. The van der Waals surface area contributed by atoms with Gasteiger partial charge in [0.15, 0.2) is 5.78 Å². The zero-order chi connectivity index (χ0) is 31.1. The highest BCUT2D eigenvalue weighted by Gasteiger charge is 2.20. The van der Waals surface area contributed by atoms with E-state index in [1.807, 2.05) is 24.3 Å². The summed E-state index contributed by atoms with van der Waals surface area (Å²) >= 11 is 6.27. The standard InChI is InChI=1S/C19H23ClN2.C16H13N3O3.ClH/c1-21(2)12-5-13-22-18-7-4-3-6-15(18)8-9-16-10-11-17(20)14-19(16)22;1-22-16(21)19-15-17-12-8-7-11(9-13(12)18-15)14(20)10-5-3-2-4-6-10;/h3-4,6-7,10-11,14H,5,8-9,12-13H2,1-2H3;2-9H,1H3,(H2,17,18,19,21);1H. The van der Waals surface area contributed by atoms with Crippen molar-refractivity contribution in [2.75, 3.05) is 44.5 Å². The van der Waals surface area contributed by atoms with Gasteiger partial charge in [0, 0.05) is 34.1 Å². The Morgan fingerprint density at radius 1 is 0.911 bits per heavy atom. The number of aryl methyl sites for hydroxylation is 2. The van der Waals surface area contributed by atoms with Crippen molar-refractivity contribution in [3.05, 3.63) is 118 Å². The zero-order valence-electron chi connectivity index (χ0n) is 25.5. The van der Waals surface area contributed by atoms with E-state index in [0.29, 0.717) is 22.2 Å². The first-order chi connectivity index (χ1) is 21.3. The number of H-pyrrole nitrogens is 1. The van der Waals surface area contributed by atoms with Crippen LogP contribution in [0.1, 0.15) is 33.5 Å². The van der Waals surface area contributed by atoms with E-state index in [0.717, 1.165) is 37.4 Å². The molecule has 0 fully saturated rings. The molecule has 0 bridgehead atoms. The third kappa shape index (κ3) is 8.42. The summed E-state index contributed by atoms with van der Waals surface area (Å²) < 4.78 is 4.51. The number of aromatic nitrogens is 2. The number of imidazole rings is 1. The van der Waals surface area contributed by atoms with Gasteiger partial charge in [-0.25, -0.2) is 9.78 Å². The molecule has 1 aromatic heterocycles. The van der Waals surface area contributed by atoms with Crippen LogP contribution in [0.25, 0.3) is 11.0 Å². The van der Waals surface area contributed by atoms with Crippen LogP contribution in [0, 0.1) is 0 Å². The maximum absolute atomic E-state index is 12.4. The summed E-state index contributed by atoms with van der Waals surface area (Å²) in [7, 11) is 5.52. The molecule has 1 aliphatic heterocycles. The number of para-hydroxylation sites is 1. The van der Waals surface area contributed by atoms with Crippen molar-refractivity contribution in [3.8, 4) is 0 Å². The monoisotopic (exact) mass is 645 g/mol. The average molecular weight is 647 g/mol. The largest absolute Gasteiger partial charge is 0.453 e. The molecule has 1 amide bonds. The Kier molecular flexibility index (Phi) is 11.6. The number of anilines is 3. The van der Waals surface area contributed by atoms with Gasteiger partial charge in [-0.15, -0.1) is 12.4 Å². The number of ether oxygens (including phenoxy) is 1. The normalized spacial score (nSPS) is 11.8.